The van der Waals surface area contributed by atoms with Crippen LogP contribution in [-0.4, -0.2) is 38.8 Å². The van der Waals surface area contributed by atoms with Gasteiger partial charge in [-0.2, -0.15) is 5.10 Å². The van der Waals surface area contributed by atoms with Crippen molar-refractivity contribution in [2.75, 3.05) is 6.54 Å². The van der Waals surface area contributed by atoms with Gasteiger partial charge >= 0.3 is 0 Å². The second-order valence-corrected chi connectivity index (χ2v) is 6.45. The molecule has 5 heteroatoms. The first-order valence-corrected chi connectivity index (χ1v) is 7.72. The van der Waals surface area contributed by atoms with Crippen LogP contribution in [0.3, 0.4) is 0 Å². The van der Waals surface area contributed by atoms with Crippen molar-refractivity contribution in [2.45, 2.75) is 36.6 Å². The van der Waals surface area contributed by atoms with Crippen LogP contribution >= 0.6 is 11.8 Å². The molecule has 1 fully saturated rings. The molecule has 20 heavy (non-hydrogen) atoms. The van der Waals surface area contributed by atoms with E-state index >= 15 is 0 Å². The average Bonchev–Trinajstić information content (AvgIpc) is 2.81. The van der Waals surface area contributed by atoms with Crippen LogP contribution in [0.1, 0.15) is 20.3 Å². The van der Waals surface area contributed by atoms with Gasteiger partial charge in [0, 0.05) is 23.4 Å². The minimum atomic E-state index is -0.0301. The topological polar surface area (TPSA) is 46.1 Å². The van der Waals surface area contributed by atoms with Crippen molar-refractivity contribution < 1.29 is 4.79 Å². The van der Waals surface area contributed by atoms with Crippen LogP contribution in [-0.2, 0) is 4.79 Å². The predicted molar refractivity (Wildman–Crippen MR) is 80.6 cm³/mol. The van der Waals surface area contributed by atoms with E-state index in [0.29, 0.717) is 0 Å². The Kier molecular flexibility index (Phi) is 3.61. The molecule has 0 aliphatic carbocycles. The van der Waals surface area contributed by atoms with Crippen molar-refractivity contribution >= 4 is 28.4 Å². The second-order valence-electron chi connectivity index (χ2n) is 5.26. The van der Waals surface area contributed by atoms with E-state index in [1.54, 1.807) is 18.0 Å². The normalized spacial score (nSPS) is 19.2. The first-order valence-electron chi connectivity index (χ1n) is 6.84. The highest BCUT2D eigenvalue weighted by Gasteiger charge is 2.34. The average molecular weight is 287 g/mol. The number of hydrogen-bond donors (Lipinski definition) is 0. The summed E-state index contributed by atoms with van der Waals surface area (Å²) in [6.07, 6.45) is 2.64. The molecule has 1 unspecified atom stereocenters. The van der Waals surface area contributed by atoms with Crippen LogP contribution in [0.15, 0.2) is 35.5 Å². The minimum absolute atomic E-state index is 0.0301. The molecule has 2 heterocycles. The Labute approximate surface area is 122 Å². The largest absolute Gasteiger partial charge is 0.339 e. The van der Waals surface area contributed by atoms with Gasteiger partial charge in [0.2, 0.25) is 5.91 Å². The fraction of sp³-hybridized carbons (Fsp3) is 0.400. The second kappa shape index (κ2) is 5.40. The van der Waals surface area contributed by atoms with Gasteiger partial charge in [-0.1, -0.05) is 36.0 Å². The van der Waals surface area contributed by atoms with Crippen LogP contribution in [0, 0.1) is 0 Å². The maximum atomic E-state index is 12.3. The Balaban J connectivity index is 1.86. The highest BCUT2D eigenvalue weighted by molar-refractivity contribution is 8.00. The molecule has 1 aliphatic rings. The first kappa shape index (κ1) is 13.4. The molecule has 1 saturated heterocycles. The lowest BCUT2D eigenvalue weighted by molar-refractivity contribution is -0.128. The molecule has 1 aromatic heterocycles. The van der Waals surface area contributed by atoms with Gasteiger partial charge in [0.15, 0.2) is 0 Å². The zero-order chi connectivity index (χ0) is 14.1. The maximum Gasteiger partial charge on any atom is 0.236 e. The maximum absolute atomic E-state index is 12.3. The summed E-state index contributed by atoms with van der Waals surface area (Å²) < 4.78 is 0. The number of hydrogen-bond acceptors (Lipinski definition) is 4. The number of fused-ring (bicyclic) bond motifs is 1. The van der Waals surface area contributed by atoms with Crippen molar-refractivity contribution in [3.63, 3.8) is 0 Å². The van der Waals surface area contributed by atoms with Crippen molar-refractivity contribution in [3.05, 3.63) is 30.5 Å². The Morgan fingerprint density at radius 3 is 2.90 bits per heavy atom. The standard InChI is InChI=1S/C15H17N3OS/c1-10(2)18-8-7-13(15(18)19)20-14-12-6-4-3-5-11(12)9-16-17-14/h3-6,9-10,13H,7-8H2,1-2H3. The third kappa shape index (κ3) is 2.38. The van der Waals surface area contributed by atoms with Gasteiger partial charge in [0.05, 0.1) is 11.4 Å². The number of aromatic nitrogens is 2. The summed E-state index contributed by atoms with van der Waals surface area (Å²) in [5.74, 6) is 0.222. The molecule has 1 aromatic carbocycles. The molecular formula is C15H17N3OS. The number of amides is 1. The van der Waals surface area contributed by atoms with E-state index in [1.807, 2.05) is 29.2 Å². The smallest absolute Gasteiger partial charge is 0.236 e. The van der Waals surface area contributed by atoms with E-state index < -0.39 is 0 Å². The number of rotatable bonds is 3. The Hall–Kier alpha value is -1.62. The highest BCUT2D eigenvalue weighted by Crippen LogP contribution is 2.33. The molecule has 2 aromatic rings. The number of carbonyl (C=O) groups excluding carboxylic acids is 1. The number of likely N-dealkylation sites (tertiary alicyclic amines) is 1. The molecule has 0 saturated carbocycles. The van der Waals surface area contributed by atoms with E-state index in [9.17, 15) is 4.79 Å². The van der Waals surface area contributed by atoms with E-state index in [-0.39, 0.29) is 17.2 Å². The summed E-state index contributed by atoms with van der Waals surface area (Å²) in [6, 6.07) is 8.30. The van der Waals surface area contributed by atoms with Crippen molar-refractivity contribution in [1.29, 1.82) is 0 Å². The molecule has 104 valence electrons. The molecule has 3 rings (SSSR count). The van der Waals surface area contributed by atoms with Crippen LogP contribution < -0.4 is 0 Å². The third-order valence-electron chi connectivity index (χ3n) is 3.60. The van der Waals surface area contributed by atoms with Crippen molar-refractivity contribution in [3.8, 4) is 0 Å². The Morgan fingerprint density at radius 1 is 1.35 bits per heavy atom. The van der Waals surface area contributed by atoms with E-state index in [1.165, 1.54) is 0 Å². The zero-order valence-electron chi connectivity index (χ0n) is 11.6. The first-order chi connectivity index (χ1) is 9.66. The Morgan fingerprint density at radius 2 is 2.15 bits per heavy atom. The number of nitrogens with zero attached hydrogens (tertiary/aromatic N) is 3. The van der Waals surface area contributed by atoms with E-state index in [2.05, 4.69) is 24.0 Å². The summed E-state index contributed by atoms with van der Waals surface area (Å²) in [4.78, 5) is 14.3. The molecular weight excluding hydrogens is 270 g/mol. The monoisotopic (exact) mass is 287 g/mol. The molecule has 0 bridgehead atoms. The summed E-state index contributed by atoms with van der Waals surface area (Å²) in [7, 11) is 0. The van der Waals surface area contributed by atoms with Gasteiger partial charge in [-0.25, -0.2) is 0 Å². The number of carbonyl (C=O) groups is 1. The van der Waals surface area contributed by atoms with E-state index in [4.69, 9.17) is 0 Å². The number of thioether (sulfide) groups is 1. The van der Waals surface area contributed by atoms with Crippen LogP contribution in [0.25, 0.3) is 10.8 Å². The molecule has 1 atom stereocenters. The van der Waals surface area contributed by atoms with Crippen molar-refractivity contribution in [2.24, 2.45) is 0 Å². The lowest BCUT2D eigenvalue weighted by Gasteiger charge is -2.20. The lowest BCUT2D eigenvalue weighted by Crippen LogP contribution is -2.34. The van der Waals surface area contributed by atoms with E-state index in [0.717, 1.165) is 28.8 Å². The van der Waals surface area contributed by atoms with Gasteiger partial charge in [0.1, 0.15) is 5.03 Å². The highest BCUT2D eigenvalue weighted by atomic mass is 32.2. The van der Waals surface area contributed by atoms with Gasteiger partial charge in [-0.3, -0.25) is 4.79 Å². The summed E-state index contributed by atoms with van der Waals surface area (Å²) in [5.41, 5.74) is 0. The third-order valence-corrected chi connectivity index (χ3v) is 4.85. The predicted octanol–water partition coefficient (Wildman–Crippen LogP) is 2.73. The Bertz CT molecular complexity index is 639. The molecule has 0 N–H and O–H groups in total. The quantitative estimate of drug-likeness (QED) is 0.871. The minimum Gasteiger partial charge on any atom is -0.339 e. The van der Waals surface area contributed by atoms with Crippen molar-refractivity contribution in [1.82, 2.24) is 15.1 Å². The number of benzene rings is 1. The van der Waals surface area contributed by atoms with Crippen LogP contribution in [0.4, 0.5) is 0 Å². The molecule has 1 amide bonds. The summed E-state index contributed by atoms with van der Waals surface area (Å²) in [5, 5.41) is 11.2. The van der Waals surface area contributed by atoms with Crippen LogP contribution in [0.2, 0.25) is 0 Å². The molecule has 1 aliphatic heterocycles. The summed E-state index contributed by atoms with van der Waals surface area (Å²) in [6.45, 7) is 4.96. The molecule has 0 radical (unpaired) electrons. The fourth-order valence-electron chi connectivity index (χ4n) is 2.52. The summed E-state index contributed by atoms with van der Waals surface area (Å²) >= 11 is 1.55. The molecule has 4 nitrogen and oxygen atoms in total. The lowest BCUT2D eigenvalue weighted by atomic mass is 10.2. The molecule has 0 spiro atoms. The SMILES string of the molecule is CC(C)N1CCC(Sc2nncc3ccccc23)C1=O. The van der Waals surface area contributed by atoms with Gasteiger partial charge in [-0.15, -0.1) is 5.10 Å². The van der Waals surface area contributed by atoms with Crippen LogP contribution in [0.5, 0.6) is 0 Å². The van der Waals surface area contributed by atoms with Gasteiger partial charge < -0.3 is 4.90 Å². The van der Waals surface area contributed by atoms with Gasteiger partial charge in [0.25, 0.3) is 0 Å². The van der Waals surface area contributed by atoms with Gasteiger partial charge in [-0.05, 0) is 20.3 Å². The fourth-order valence-corrected chi connectivity index (χ4v) is 3.66. The zero-order valence-corrected chi connectivity index (χ0v) is 12.4.